The van der Waals surface area contributed by atoms with Crippen LogP contribution in [0.15, 0.2) is 23.1 Å². The van der Waals surface area contributed by atoms with Gasteiger partial charge in [-0.1, -0.05) is 0 Å². The molecular weight excluding hydrogens is 290 g/mol. The Morgan fingerprint density at radius 1 is 1.13 bits per heavy atom. The maximum Gasteiger partial charge on any atom is 0.255 e. The van der Waals surface area contributed by atoms with Crippen molar-refractivity contribution < 1.29 is 4.79 Å². The van der Waals surface area contributed by atoms with Crippen LogP contribution in [0.5, 0.6) is 0 Å². The summed E-state index contributed by atoms with van der Waals surface area (Å²) in [5.41, 5.74) is 0.551. The molecule has 5 heteroatoms. The largest absolute Gasteiger partial charge is 0.337 e. The third-order valence-corrected chi connectivity index (χ3v) is 5.64. The number of carbonyl (C=O) groups excluding carboxylic acids is 1. The molecule has 1 saturated carbocycles. The molecule has 0 N–H and O–H groups in total. The van der Waals surface area contributed by atoms with E-state index in [1.807, 2.05) is 4.90 Å². The third-order valence-electron chi connectivity index (χ3n) is 5.64. The first kappa shape index (κ1) is 14.9. The number of aromatic nitrogens is 1. The van der Waals surface area contributed by atoms with Crippen molar-refractivity contribution in [1.82, 2.24) is 14.4 Å². The van der Waals surface area contributed by atoms with Crippen LogP contribution in [-0.2, 0) is 7.05 Å². The Morgan fingerprint density at radius 2 is 1.96 bits per heavy atom. The minimum atomic E-state index is -0.0758. The Labute approximate surface area is 136 Å². The van der Waals surface area contributed by atoms with Crippen molar-refractivity contribution in [1.29, 1.82) is 0 Å². The van der Waals surface area contributed by atoms with Crippen molar-refractivity contribution in [3.05, 3.63) is 34.2 Å². The Kier molecular flexibility index (Phi) is 3.76. The smallest absolute Gasteiger partial charge is 0.255 e. The number of pyridine rings is 1. The van der Waals surface area contributed by atoms with Crippen LogP contribution in [0.3, 0.4) is 0 Å². The van der Waals surface area contributed by atoms with Gasteiger partial charge in [0.25, 0.3) is 5.91 Å². The molecule has 4 fully saturated rings. The number of fused-ring (bicyclic) bond motifs is 4. The van der Waals surface area contributed by atoms with Gasteiger partial charge in [0.1, 0.15) is 0 Å². The Balaban J connectivity index is 1.51. The maximum atomic E-state index is 12.9. The van der Waals surface area contributed by atoms with Gasteiger partial charge in [-0.05, 0) is 43.6 Å². The number of aryl methyl sites for hydroxylation is 1. The molecule has 3 saturated heterocycles. The number of rotatable bonds is 3. The van der Waals surface area contributed by atoms with E-state index in [-0.39, 0.29) is 11.5 Å². The summed E-state index contributed by atoms with van der Waals surface area (Å²) in [7, 11) is 1.70. The summed E-state index contributed by atoms with van der Waals surface area (Å²) in [5.74, 6) is 1.58. The van der Waals surface area contributed by atoms with Crippen LogP contribution in [-0.4, -0.2) is 52.5 Å². The first-order valence-corrected chi connectivity index (χ1v) is 8.80. The van der Waals surface area contributed by atoms with Gasteiger partial charge in [0, 0.05) is 51.5 Å². The van der Waals surface area contributed by atoms with Crippen LogP contribution in [0.2, 0.25) is 0 Å². The van der Waals surface area contributed by atoms with E-state index in [1.54, 1.807) is 19.3 Å². The maximum absolute atomic E-state index is 12.9. The van der Waals surface area contributed by atoms with Gasteiger partial charge in [-0.25, -0.2) is 0 Å². The van der Waals surface area contributed by atoms with E-state index in [0.717, 1.165) is 25.6 Å². The molecular formula is C18H25N3O2. The molecule has 1 aromatic heterocycles. The highest BCUT2D eigenvalue weighted by Crippen LogP contribution is 2.35. The number of piperidine rings is 1. The SMILES string of the molecule is Cn1cc(C(=O)N2C[C@H]3CC[C@@H](C2)N(CC2CC2)C3)ccc1=O. The second kappa shape index (κ2) is 5.78. The lowest BCUT2D eigenvalue weighted by Crippen LogP contribution is -2.45. The van der Waals surface area contributed by atoms with E-state index in [1.165, 1.54) is 42.9 Å². The van der Waals surface area contributed by atoms with Gasteiger partial charge in [0.2, 0.25) is 5.56 Å². The molecule has 2 atom stereocenters. The fraction of sp³-hybridized carbons (Fsp3) is 0.667. The zero-order valence-corrected chi connectivity index (χ0v) is 13.8. The van der Waals surface area contributed by atoms with Crippen molar-refractivity contribution >= 4 is 5.91 Å². The fourth-order valence-electron chi connectivity index (χ4n) is 4.10. The second-order valence-corrected chi connectivity index (χ2v) is 7.57. The number of hydrogen-bond donors (Lipinski definition) is 0. The Morgan fingerprint density at radius 3 is 2.70 bits per heavy atom. The minimum Gasteiger partial charge on any atom is -0.337 e. The van der Waals surface area contributed by atoms with E-state index >= 15 is 0 Å². The minimum absolute atomic E-state index is 0.0748. The van der Waals surface area contributed by atoms with E-state index in [9.17, 15) is 9.59 Å². The van der Waals surface area contributed by atoms with Gasteiger partial charge in [-0.2, -0.15) is 0 Å². The predicted octanol–water partition coefficient (Wildman–Crippen LogP) is 1.33. The third kappa shape index (κ3) is 3.07. The zero-order valence-electron chi connectivity index (χ0n) is 13.8. The summed E-state index contributed by atoms with van der Waals surface area (Å²) < 4.78 is 1.49. The van der Waals surface area contributed by atoms with Crippen molar-refractivity contribution in [3.63, 3.8) is 0 Å². The van der Waals surface area contributed by atoms with Gasteiger partial charge in [0.15, 0.2) is 0 Å². The molecule has 0 spiro atoms. The van der Waals surface area contributed by atoms with Crippen molar-refractivity contribution in [3.8, 4) is 0 Å². The molecule has 1 amide bonds. The highest BCUT2D eigenvalue weighted by Gasteiger charge is 2.38. The summed E-state index contributed by atoms with van der Waals surface area (Å²) in [6.07, 6.45) is 6.89. The molecule has 0 aromatic carbocycles. The standard InChI is InChI=1S/C18H25N3O2/c1-19-11-15(5-7-17(19)22)18(23)21-10-14-4-6-16(12-21)20(9-14)8-13-2-3-13/h5,7,11,13-14,16H,2-4,6,8-10,12H2,1H3/t14-,16-/m0/s1. The molecule has 3 aliphatic heterocycles. The van der Waals surface area contributed by atoms with Crippen molar-refractivity contribution in [2.24, 2.45) is 18.9 Å². The Bertz CT molecular complexity index is 664. The van der Waals surface area contributed by atoms with Crippen LogP contribution in [0, 0.1) is 11.8 Å². The van der Waals surface area contributed by atoms with Crippen LogP contribution < -0.4 is 5.56 Å². The van der Waals surface area contributed by atoms with Gasteiger partial charge in [0.05, 0.1) is 5.56 Å². The molecule has 5 nitrogen and oxygen atoms in total. The highest BCUT2D eigenvalue weighted by atomic mass is 16.2. The number of hydrogen-bond acceptors (Lipinski definition) is 3. The summed E-state index contributed by atoms with van der Waals surface area (Å²) in [4.78, 5) is 29.1. The van der Waals surface area contributed by atoms with Crippen LogP contribution in [0.1, 0.15) is 36.0 Å². The highest BCUT2D eigenvalue weighted by molar-refractivity contribution is 5.94. The summed E-state index contributed by atoms with van der Waals surface area (Å²) in [6.45, 7) is 4.07. The van der Waals surface area contributed by atoms with E-state index in [4.69, 9.17) is 0 Å². The van der Waals surface area contributed by atoms with Crippen LogP contribution in [0.4, 0.5) is 0 Å². The lowest BCUT2D eigenvalue weighted by atomic mass is 9.95. The number of carbonyl (C=O) groups is 1. The average molecular weight is 315 g/mol. The quantitative estimate of drug-likeness (QED) is 0.845. The van der Waals surface area contributed by atoms with Gasteiger partial charge < -0.3 is 9.47 Å². The summed E-state index contributed by atoms with van der Waals surface area (Å²) >= 11 is 0. The molecule has 0 radical (unpaired) electrons. The molecule has 4 aliphatic rings. The normalized spacial score (nSPS) is 28.0. The van der Waals surface area contributed by atoms with Crippen molar-refractivity contribution in [2.45, 2.75) is 31.7 Å². The van der Waals surface area contributed by atoms with Crippen LogP contribution in [0.25, 0.3) is 0 Å². The van der Waals surface area contributed by atoms with E-state index in [0.29, 0.717) is 17.5 Å². The fourth-order valence-corrected chi connectivity index (χ4v) is 4.10. The average Bonchev–Trinajstić information content (AvgIpc) is 3.37. The topological polar surface area (TPSA) is 45.6 Å². The molecule has 1 aromatic rings. The molecule has 4 heterocycles. The number of amides is 1. The van der Waals surface area contributed by atoms with Gasteiger partial charge in [-0.15, -0.1) is 0 Å². The first-order chi connectivity index (χ1) is 11.1. The number of nitrogens with zero attached hydrogens (tertiary/aromatic N) is 3. The van der Waals surface area contributed by atoms with Crippen molar-refractivity contribution in [2.75, 3.05) is 26.2 Å². The summed E-state index contributed by atoms with van der Waals surface area (Å²) in [5, 5.41) is 0. The molecule has 124 valence electrons. The second-order valence-electron chi connectivity index (χ2n) is 7.57. The lowest BCUT2D eigenvalue weighted by Gasteiger charge is -2.36. The van der Waals surface area contributed by atoms with Crippen LogP contribution >= 0.6 is 0 Å². The summed E-state index contributed by atoms with van der Waals surface area (Å²) in [6, 6.07) is 3.67. The monoisotopic (exact) mass is 315 g/mol. The molecule has 2 bridgehead atoms. The molecule has 1 aliphatic carbocycles. The zero-order chi connectivity index (χ0) is 16.0. The molecule has 5 rings (SSSR count). The molecule has 23 heavy (non-hydrogen) atoms. The van der Waals surface area contributed by atoms with E-state index < -0.39 is 0 Å². The predicted molar refractivity (Wildman–Crippen MR) is 88.4 cm³/mol. The van der Waals surface area contributed by atoms with Gasteiger partial charge >= 0.3 is 0 Å². The molecule has 0 unspecified atom stereocenters. The van der Waals surface area contributed by atoms with Gasteiger partial charge in [-0.3, -0.25) is 14.5 Å². The Hall–Kier alpha value is -1.62. The lowest BCUT2D eigenvalue weighted by molar-refractivity contribution is 0.0736. The van der Waals surface area contributed by atoms with E-state index in [2.05, 4.69) is 4.90 Å². The first-order valence-electron chi connectivity index (χ1n) is 8.80.